The third kappa shape index (κ3) is 4.88. The second-order valence-corrected chi connectivity index (χ2v) is 11.8. The summed E-state index contributed by atoms with van der Waals surface area (Å²) in [6.07, 6.45) is 2.05. The van der Waals surface area contributed by atoms with Crippen molar-refractivity contribution in [3.05, 3.63) is 144 Å². The monoisotopic (exact) mass is 570 g/mol. The molecule has 0 saturated carbocycles. The van der Waals surface area contributed by atoms with Gasteiger partial charge in [0.05, 0.1) is 29.6 Å². The summed E-state index contributed by atoms with van der Waals surface area (Å²) < 4.78 is 20.1. The first-order chi connectivity index (χ1) is 20.7. The number of methoxy groups -OCH3 is 1. The Labute approximate surface area is 253 Å². The van der Waals surface area contributed by atoms with Crippen LogP contribution in [0.4, 0.5) is 0 Å². The molecule has 0 aliphatic carbocycles. The lowest BCUT2D eigenvalue weighted by molar-refractivity contribution is 0.00578. The van der Waals surface area contributed by atoms with E-state index in [2.05, 4.69) is 79.0 Å². The zero-order valence-electron chi connectivity index (χ0n) is 25.2. The third-order valence-electron chi connectivity index (χ3n) is 8.75. The summed E-state index contributed by atoms with van der Waals surface area (Å²) >= 11 is 0. The number of benzene rings is 4. The smallest absolute Gasteiger partial charge is 0.465 e. The molecule has 0 bridgehead atoms. The zero-order valence-corrected chi connectivity index (χ0v) is 25.2. The molecule has 5 aromatic rings. The summed E-state index contributed by atoms with van der Waals surface area (Å²) in [5, 5.41) is 5.36. The van der Waals surface area contributed by atoms with Gasteiger partial charge in [-0.1, -0.05) is 103 Å². The number of carbonyl (C=O) groups is 1. The number of ether oxygens (including phenoxy) is 1. The highest BCUT2D eigenvalue weighted by molar-refractivity contribution is 6.63. The van der Waals surface area contributed by atoms with Crippen LogP contribution in [0.3, 0.4) is 0 Å². The molecular formula is C36H35BN2O4. The lowest BCUT2D eigenvalue weighted by Gasteiger charge is -2.36. The van der Waals surface area contributed by atoms with Gasteiger partial charge in [0.15, 0.2) is 0 Å². The van der Waals surface area contributed by atoms with Crippen LogP contribution in [-0.2, 0) is 19.6 Å². The number of carbonyl (C=O) groups excluding carboxylic acids is 1. The Bertz CT molecular complexity index is 1600. The molecule has 216 valence electrons. The maximum atomic E-state index is 12.2. The van der Waals surface area contributed by atoms with Gasteiger partial charge in [0.1, 0.15) is 5.54 Å². The molecule has 1 aliphatic rings. The van der Waals surface area contributed by atoms with Crippen LogP contribution in [0.2, 0.25) is 0 Å². The maximum absolute atomic E-state index is 12.2. The molecule has 0 unspecified atom stereocenters. The van der Waals surface area contributed by atoms with Crippen molar-refractivity contribution in [2.45, 2.75) is 44.4 Å². The van der Waals surface area contributed by atoms with Gasteiger partial charge < -0.3 is 14.0 Å². The highest BCUT2D eigenvalue weighted by Crippen LogP contribution is 2.42. The first-order valence-corrected chi connectivity index (χ1v) is 14.5. The van der Waals surface area contributed by atoms with Crippen LogP contribution >= 0.6 is 0 Å². The molecular weight excluding hydrogens is 535 g/mol. The summed E-state index contributed by atoms with van der Waals surface area (Å²) in [5.41, 5.74) is 4.09. The highest BCUT2D eigenvalue weighted by Gasteiger charge is 2.53. The number of nitrogens with zero attached hydrogens (tertiary/aromatic N) is 2. The van der Waals surface area contributed by atoms with E-state index in [-0.39, 0.29) is 5.97 Å². The minimum Gasteiger partial charge on any atom is -0.465 e. The Morgan fingerprint density at radius 3 is 1.58 bits per heavy atom. The minimum atomic E-state index is -0.813. The van der Waals surface area contributed by atoms with Gasteiger partial charge in [-0.15, -0.1) is 0 Å². The van der Waals surface area contributed by atoms with Gasteiger partial charge in [0.2, 0.25) is 0 Å². The highest BCUT2D eigenvalue weighted by atomic mass is 16.7. The molecule has 1 aromatic heterocycles. The molecule has 1 saturated heterocycles. The van der Waals surface area contributed by atoms with E-state index in [1.54, 1.807) is 12.1 Å². The van der Waals surface area contributed by atoms with Gasteiger partial charge in [0, 0.05) is 17.2 Å². The van der Waals surface area contributed by atoms with Crippen molar-refractivity contribution in [1.29, 1.82) is 0 Å². The average Bonchev–Trinajstić information content (AvgIpc) is 3.56. The molecule has 6 rings (SSSR count). The Morgan fingerprint density at radius 1 is 0.721 bits per heavy atom. The van der Waals surface area contributed by atoms with Gasteiger partial charge in [-0.25, -0.2) is 4.79 Å². The molecule has 4 aromatic carbocycles. The lowest BCUT2D eigenvalue weighted by atomic mass is 9.76. The van der Waals surface area contributed by atoms with Gasteiger partial charge in [-0.3, -0.25) is 4.68 Å². The fraction of sp³-hybridized carbons (Fsp3) is 0.222. The Balaban J connectivity index is 1.64. The fourth-order valence-electron chi connectivity index (χ4n) is 5.74. The molecule has 1 aliphatic heterocycles. The maximum Gasteiger partial charge on any atom is 0.498 e. The molecule has 6 nitrogen and oxygen atoms in total. The predicted molar refractivity (Wildman–Crippen MR) is 169 cm³/mol. The first-order valence-electron chi connectivity index (χ1n) is 14.5. The second kappa shape index (κ2) is 11.0. The van der Waals surface area contributed by atoms with Crippen molar-refractivity contribution in [2.24, 2.45) is 0 Å². The molecule has 2 heterocycles. The minimum absolute atomic E-state index is 0.389. The van der Waals surface area contributed by atoms with Crippen molar-refractivity contribution in [2.75, 3.05) is 7.11 Å². The van der Waals surface area contributed by atoms with E-state index in [9.17, 15) is 4.79 Å². The largest absolute Gasteiger partial charge is 0.498 e. The average molecular weight is 570 g/mol. The summed E-state index contributed by atoms with van der Waals surface area (Å²) in [6, 6.07) is 38.6. The lowest BCUT2D eigenvalue weighted by Crippen LogP contribution is -2.41. The van der Waals surface area contributed by atoms with Crippen LogP contribution in [0.1, 0.15) is 54.7 Å². The van der Waals surface area contributed by atoms with E-state index in [4.69, 9.17) is 19.1 Å². The molecule has 1 fully saturated rings. The fourth-order valence-corrected chi connectivity index (χ4v) is 5.74. The van der Waals surface area contributed by atoms with E-state index >= 15 is 0 Å². The molecule has 0 N–H and O–H groups in total. The Kier molecular flexibility index (Phi) is 7.32. The van der Waals surface area contributed by atoms with Gasteiger partial charge in [0.25, 0.3) is 0 Å². The number of rotatable bonds is 7. The number of aromatic nitrogens is 2. The normalized spacial score (nSPS) is 15.8. The van der Waals surface area contributed by atoms with Crippen LogP contribution in [0.5, 0.6) is 0 Å². The van der Waals surface area contributed by atoms with Crippen molar-refractivity contribution >= 4 is 18.6 Å². The number of hydrogen-bond donors (Lipinski definition) is 0. The molecule has 0 radical (unpaired) electrons. The predicted octanol–water partition coefficient (Wildman–Crippen LogP) is 6.48. The van der Waals surface area contributed by atoms with Gasteiger partial charge in [-0.2, -0.15) is 5.10 Å². The Hall–Kier alpha value is -4.46. The Morgan fingerprint density at radius 2 is 1.16 bits per heavy atom. The number of esters is 1. The van der Waals surface area contributed by atoms with Crippen molar-refractivity contribution in [3.63, 3.8) is 0 Å². The van der Waals surface area contributed by atoms with Crippen molar-refractivity contribution in [3.8, 4) is 11.3 Å². The molecule has 0 atom stereocenters. The van der Waals surface area contributed by atoms with Gasteiger partial charge >= 0.3 is 13.1 Å². The SMILES string of the molecule is COC(=O)c1ccc(-c2nn(C(c3ccccc3)(c3ccccc3)c3ccccc3)cc2B2OC(C)(C)C(C)(C)O2)cc1. The summed E-state index contributed by atoms with van der Waals surface area (Å²) in [7, 11) is 0.721. The zero-order chi connectivity index (χ0) is 30.2. The molecule has 7 heteroatoms. The van der Waals surface area contributed by atoms with E-state index in [1.165, 1.54) is 7.11 Å². The van der Waals surface area contributed by atoms with Crippen LogP contribution in [0.15, 0.2) is 121 Å². The van der Waals surface area contributed by atoms with E-state index in [1.807, 2.05) is 62.7 Å². The van der Waals surface area contributed by atoms with Crippen molar-refractivity contribution < 1.29 is 18.8 Å². The molecule has 0 spiro atoms. The standard InChI is InChI=1S/C36H35BN2O4/c1-34(2)35(3,4)43-37(42-34)31-25-39(38-32(31)26-21-23-27(24-22-26)33(40)41-5)36(28-15-9-6-10-16-28,29-17-11-7-12-18-29)30-19-13-8-14-20-30/h6-25H,1-5H3. The number of hydrogen-bond acceptors (Lipinski definition) is 5. The van der Waals surface area contributed by atoms with E-state index in [0.717, 1.165) is 27.7 Å². The van der Waals surface area contributed by atoms with E-state index in [0.29, 0.717) is 11.3 Å². The molecule has 0 amide bonds. The summed E-state index contributed by atoms with van der Waals surface area (Å²) in [5.74, 6) is -0.389. The second-order valence-electron chi connectivity index (χ2n) is 11.8. The third-order valence-corrected chi connectivity index (χ3v) is 8.75. The topological polar surface area (TPSA) is 62.6 Å². The quantitative estimate of drug-likeness (QED) is 0.127. The van der Waals surface area contributed by atoms with Crippen LogP contribution < -0.4 is 5.46 Å². The molecule has 43 heavy (non-hydrogen) atoms. The van der Waals surface area contributed by atoms with Crippen LogP contribution in [0, 0.1) is 0 Å². The van der Waals surface area contributed by atoms with Crippen LogP contribution in [-0.4, -0.2) is 41.2 Å². The van der Waals surface area contributed by atoms with Crippen molar-refractivity contribution in [1.82, 2.24) is 9.78 Å². The summed E-state index contributed by atoms with van der Waals surface area (Å²) in [4.78, 5) is 12.2. The summed E-state index contributed by atoms with van der Waals surface area (Å²) in [6.45, 7) is 8.18. The van der Waals surface area contributed by atoms with Crippen LogP contribution in [0.25, 0.3) is 11.3 Å². The van der Waals surface area contributed by atoms with Gasteiger partial charge in [-0.05, 0) is 56.5 Å². The van der Waals surface area contributed by atoms with E-state index < -0.39 is 23.9 Å². The first kappa shape index (κ1) is 28.7.